The van der Waals surface area contributed by atoms with E-state index in [1.807, 2.05) is 53.8 Å². The molecule has 29 heteroatoms. The van der Waals surface area contributed by atoms with Gasteiger partial charge in [0.15, 0.2) is 24.0 Å². The number of nitro benzene ring substituents is 1. The molecule has 6 heterocycles. The van der Waals surface area contributed by atoms with Crippen molar-refractivity contribution in [2.75, 3.05) is 32.6 Å². The summed E-state index contributed by atoms with van der Waals surface area (Å²) in [5, 5.41) is 23.0. The number of aliphatic hydroxyl groups is 1. The van der Waals surface area contributed by atoms with E-state index in [4.69, 9.17) is 67.5 Å². The number of nitrogens with zero attached hydrogens (tertiary/aromatic N) is 3. The van der Waals surface area contributed by atoms with Gasteiger partial charge in [0.05, 0.1) is 43.4 Å². The molecule has 3 aromatic rings. The molecule has 0 saturated carbocycles. The van der Waals surface area contributed by atoms with Gasteiger partial charge in [-0.05, 0) is 95.7 Å². The third-order valence-corrected chi connectivity index (χ3v) is 19.6. The Labute approximate surface area is 548 Å². The van der Waals surface area contributed by atoms with E-state index >= 15 is 0 Å². The summed E-state index contributed by atoms with van der Waals surface area (Å²) >= 11 is 0. The molecule has 12 atom stereocenters. The molecule has 94 heavy (non-hydrogen) atoms. The molecule has 4 fully saturated rings. The highest BCUT2D eigenvalue weighted by atomic mass is 31.2. The molecule has 3 aromatic carbocycles. The van der Waals surface area contributed by atoms with Gasteiger partial charge in [0.25, 0.3) is 5.69 Å². The van der Waals surface area contributed by atoms with Gasteiger partial charge in [0, 0.05) is 48.1 Å². The number of fused-ring (bicyclic) bond motifs is 2. The van der Waals surface area contributed by atoms with Gasteiger partial charge < -0.3 is 77.8 Å². The van der Waals surface area contributed by atoms with Gasteiger partial charge in [0.1, 0.15) is 59.9 Å². The molecule has 6 N–H and O–H groups in total. The van der Waals surface area contributed by atoms with Crippen LogP contribution in [0.4, 0.5) is 5.69 Å². The predicted octanol–water partition coefficient (Wildman–Crippen LogP) is 9.65. The number of non-ortho nitro benzene ring substituents is 1. The first-order valence-electron chi connectivity index (χ1n) is 31.5. The van der Waals surface area contributed by atoms with E-state index in [1.165, 1.54) is 24.3 Å². The highest BCUT2D eigenvalue weighted by molar-refractivity contribution is 7.54. The molecule has 0 aliphatic carbocycles. The van der Waals surface area contributed by atoms with Crippen molar-refractivity contribution < 1.29 is 94.3 Å². The second-order valence-electron chi connectivity index (χ2n) is 24.2. The highest BCUT2D eigenvalue weighted by Crippen LogP contribution is 2.51. The van der Waals surface area contributed by atoms with Crippen molar-refractivity contribution in [3.05, 3.63) is 143 Å². The van der Waals surface area contributed by atoms with Crippen molar-refractivity contribution >= 4 is 44.8 Å². The Hall–Kier alpha value is -7.00. The lowest BCUT2D eigenvalue weighted by molar-refractivity contribution is -0.384. The molecule has 0 radical (unpaired) electrons. The van der Waals surface area contributed by atoms with Crippen LogP contribution in [0.25, 0.3) is 0 Å². The van der Waals surface area contributed by atoms with Gasteiger partial charge in [-0.25, -0.2) is 9.13 Å². The number of benzene rings is 3. The number of nitrogens with one attached hydrogen (secondary N) is 1. The number of hydrogen-bond acceptors (Lipinski definition) is 23. The summed E-state index contributed by atoms with van der Waals surface area (Å²) in [6.07, 6.45) is 10.7. The van der Waals surface area contributed by atoms with Crippen molar-refractivity contribution in [1.82, 2.24) is 14.9 Å². The maximum absolute atomic E-state index is 14.1. The Morgan fingerprint density at radius 2 is 1.07 bits per heavy atom. The molecule has 6 unspecified atom stereocenters. The third-order valence-electron chi connectivity index (χ3n) is 16.0. The quantitative estimate of drug-likeness (QED) is 0.0217. The van der Waals surface area contributed by atoms with E-state index < -0.39 is 104 Å². The van der Waals surface area contributed by atoms with E-state index in [2.05, 4.69) is 5.09 Å². The zero-order chi connectivity index (χ0) is 68.5. The van der Waals surface area contributed by atoms with E-state index in [0.717, 1.165) is 25.7 Å². The molecule has 6 aliphatic rings. The van der Waals surface area contributed by atoms with Crippen molar-refractivity contribution in [2.45, 2.75) is 174 Å². The first kappa shape index (κ1) is 74.4. The molecule has 6 aliphatic heterocycles. The zero-order valence-electron chi connectivity index (χ0n) is 54.8. The van der Waals surface area contributed by atoms with Crippen LogP contribution in [-0.2, 0) is 70.7 Å². The Kier molecular flexibility index (Phi) is 26.6. The number of aliphatic hydroxyl groups excluding tert-OH is 1. The number of amides is 2. The first-order valence-corrected chi connectivity index (χ1v) is 34.8. The Bertz CT molecular complexity index is 3260. The van der Waals surface area contributed by atoms with Crippen LogP contribution in [0.15, 0.2) is 133 Å². The first-order chi connectivity index (χ1) is 44.6. The van der Waals surface area contributed by atoms with E-state index in [1.54, 1.807) is 123 Å². The van der Waals surface area contributed by atoms with Gasteiger partial charge in [-0.1, -0.05) is 109 Å². The van der Waals surface area contributed by atoms with Crippen molar-refractivity contribution in [3.8, 4) is 17.2 Å². The average molecular weight is 1350 g/mol. The lowest BCUT2D eigenvalue weighted by Crippen LogP contribution is -2.40. The number of hydrogen-bond donors (Lipinski definition) is 4. The lowest BCUT2D eigenvalue weighted by atomic mass is 10.1. The molecule has 0 bridgehead atoms. The van der Waals surface area contributed by atoms with Crippen LogP contribution in [0.5, 0.6) is 17.2 Å². The summed E-state index contributed by atoms with van der Waals surface area (Å²) in [4.78, 5) is 62.1. The number of rotatable bonds is 29. The molecule has 516 valence electrons. The summed E-state index contributed by atoms with van der Waals surface area (Å²) < 4.78 is 97.5. The van der Waals surface area contributed by atoms with Crippen molar-refractivity contribution in [3.63, 3.8) is 0 Å². The average Bonchev–Trinajstić information content (AvgIpc) is 1.61. The fraction of sp³-hybridized carbons (Fsp3) is 0.538. The minimum atomic E-state index is -4.14. The molecular formula is C65H90N6O21P2. The van der Waals surface area contributed by atoms with Crippen LogP contribution in [0.1, 0.15) is 108 Å². The molecule has 0 spiro atoms. The number of carbonyl (C=O) groups is 4. The Balaban J connectivity index is 0.000000211. The van der Waals surface area contributed by atoms with Gasteiger partial charge in [-0.3, -0.25) is 33.8 Å². The highest BCUT2D eigenvalue weighted by Gasteiger charge is 2.58. The number of esters is 2. The maximum Gasteiger partial charge on any atom is 0.459 e. The monoisotopic (exact) mass is 1350 g/mol. The van der Waals surface area contributed by atoms with Gasteiger partial charge in [-0.2, -0.15) is 5.09 Å². The summed E-state index contributed by atoms with van der Waals surface area (Å²) in [6.45, 7) is 18.7. The number of para-hydroxylation sites is 2. The molecule has 2 amide bonds. The van der Waals surface area contributed by atoms with Crippen LogP contribution < -0.4 is 30.1 Å². The molecule has 27 nitrogen and oxygen atoms in total. The number of nitrogens with two attached hydrogens (primary N) is 2. The van der Waals surface area contributed by atoms with Gasteiger partial charge in [0.2, 0.25) is 11.8 Å². The van der Waals surface area contributed by atoms with Crippen LogP contribution in [0.2, 0.25) is 0 Å². The lowest BCUT2D eigenvalue weighted by Gasteiger charge is -2.31. The van der Waals surface area contributed by atoms with Crippen LogP contribution >= 0.6 is 15.3 Å². The van der Waals surface area contributed by atoms with E-state index in [0.29, 0.717) is 36.3 Å². The van der Waals surface area contributed by atoms with Gasteiger partial charge in [-0.15, -0.1) is 0 Å². The summed E-state index contributed by atoms with van der Waals surface area (Å²) in [6, 6.07) is 21.2. The third kappa shape index (κ3) is 20.8. The molecule has 9 rings (SSSR count). The minimum absolute atomic E-state index is 0.121. The number of nitro groups is 1. The SMILES string of the molecule is CC1(C)O[C@@H]2[C@H](O1)C(CO)O[C@H]2N1C=CCC(C(N)=O)=C1.CCC(CC)COC(=O)C(C)CP(=O)(Oc1ccccc1)Oc1ccc([N+](=O)[O-])cc1.CCC(CC)COC(=O)C(C)NP(=O)(OCC1O[C@@H](N2C=CCC(C(N)=O)=C2)[C@@H]2OC(C)(C)O[C@H]12)Oc1ccccc1. The molecular weight excluding hydrogens is 1260 g/mol. The van der Waals surface area contributed by atoms with Crippen LogP contribution in [0.3, 0.4) is 0 Å². The number of primary amides is 2. The maximum atomic E-state index is 14.1. The van der Waals surface area contributed by atoms with Crippen LogP contribution in [0, 0.1) is 27.9 Å². The standard InChI is InChI=1S/C29H42N3O9P.C22H28NO7P.C14H20N2O5/c1-6-20(7-2)17-36-28(34)19(3)31-42(35,41-22-13-9-8-10-14-22)37-18-23-24-25(40-29(4,5)39-24)27(38-23)32-15-11-12-21(16-32)26(30)33;1-4-18(5-2)15-28-22(24)17(3)16-31(27,29-20-9-7-6-8-10-20)30-21-13-11-19(12-14-21)23(25)26;1-14(2)20-10-9(7-17)19-13(11(10)21-14)16-5-3-4-8(6-16)12(15)18/h8-11,13-16,19-20,23-25,27H,6-7,12,17-18H2,1-5H3,(H2,30,33)(H,31,35);6-14,17-18H,4-5,15-16H2,1-3H3;3,5-6,9-11,13,17H,4,7H2,1-2H3,(H2,15,18)/t19?,23?,24-,25-,27-,42?;;9?,10-,11-,13-/m1.1/s1. The largest absolute Gasteiger partial charge is 0.465 e. The number of ether oxygens (including phenoxy) is 8. The Morgan fingerprint density at radius 1 is 0.649 bits per heavy atom. The summed E-state index contributed by atoms with van der Waals surface area (Å²) in [5.74, 6) is -3.12. The molecule has 4 saturated heterocycles. The minimum Gasteiger partial charge on any atom is -0.465 e. The molecule has 0 aromatic heterocycles. The number of allylic oxidation sites excluding steroid dienone is 2. The van der Waals surface area contributed by atoms with E-state index in [9.17, 15) is 43.5 Å². The number of carbonyl (C=O) groups excluding carboxylic acids is 4. The Morgan fingerprint density at radius 3 is 1.52 bits per heavy atom. The smallest absolute Gasteiger partial charge is 0.459 e. The zero-order valence-corrected chi connectivity index (χ0v) is 56.5. The topological polar surface area (TPSA) is 347 Å². The van der Waals surface area contributed by atoms with Crippen molar-refractivity contribution in [1.29, 1.82) is 0 Å². The predicted molar refractivity (Wildman–Crippen MR) is 344 cm³/mol. The summed E-state index contributed by atoms with van der Waals surface area (Å²) in [7, 11) is -7.98. The van der Waals surface area contributed by atoms with Crippen LogP contribution in [-0.4, -0.2) is 143 Å². The fourth-order valence-electron chi connectivity index (χ4n) is 10.7. The second kappa shape index (κ2) is 33.6. The summed E-state index contributed by atoms with van der Waals surface area (Å²) in [5.41, 5.74) is 11.6. The second-order valence-corrected chi connectivity index (χ2v) is 27.8. The fourth-order valence-corrected chi connectivity index (χ4v) is 14.1. The van der Waals surface area contributed by atoms with E-state index in [-0.39, 0.29) is 67.2 Å². The normalized spacial score (nSPS) is 24.9. The van der Waals surface area contributed by atoms with Gasteiger partial charge >= 0.3 is 27.3 Å². The van der Waals surface area contributed by atoms with Crippen molar-refractivity contribution in [2.24, 2.45) is 29.2 Å².